The normalized spacial score (nSPS) is 15.0. The third-order valence-corrected chi connectivity index (χ3v) is 2.70. The number of phenols is 1. The van der Waals surface area contributed by atoms with Crippen molar-refractivity contribution in [2.24, 2.45) is 5.92 Å². The van der Waals surface area contributed by atoms with E-state index in [2.05, 4.69) is 5.32 Å². The maximum absolute atomic E-state index is 10.5. The molecule has 0 bridgehead atoms. The molecule has 1 saturated carbocycles. The lowest BCUT2D eigenvalue weighted by Gasteiger charge is -2.04. The van der Waals surface area contributed by atoms with E-state index in [1.165, 1.54) is 25.0 Å². The number of nitro benzene ring substituents is 1. The third-order valence-electron chi connectivity index (χ3n) is 2.70. The van der Waals surface area contributed by atoms with Gasteiger partial charge in [-0.1, -0.05) is 6.07 Å². The molecule has 0 saturated heterocycles. The fourth-order valence-corrected chi connectivity index (χ4v) is 1.58. The Hall–Kier alpha value is -1.62. The van der Waals surface area contributed by atoms with Crippen molar-refractivity contribution >= 4 is 5.69 Å². The topological polar surface area (TPSA) is 75.4 Å². The minimum absolute atomic E-state index is 0.244. The number of rotatable bonds is 5. The standard InChI is InChI=1S/C11H14N2O3/c14-11-5-9(3-4-10(11)13(15)16)7-12-6-8-1-2-8/h3-5,8,12,14H,1-2,6-7H2. The number of nitro groups is 1. The Kier molecular flexibility index (Phi) is 3.05. The molecule has 1 fully saturated rings. The van der Waals surface area contributed by atoms with Gasteiger partial charge in [-0.05, 0) is 36.9 Å². The van der Waals surface area contributed by atoms with Gasteiger partial charge in [0.15, 0.2) is 5.75 Å². The van der Waals surface area contributed by atoms with Crippen LogP contribution in [0, 0.1) is 16.0 Å². The van der Waals surface area contributed by atoms with Crippen LogP contribution in [0.3, 0.4) is 0 Å². The first-order valence-electron chi connectivity index (χ1n) is 5.34. The molecular weight excluding hydrogens is 208 g/mol. The Morgan fingerprint density at radius 1 is 1.50 bits per heavy atom. The van der Waals surface area contributed by atoms with Crippen LogP contribution in [0.15, 0.2) is 18.2 Å². The van der Waals surface area contributed by atoms with E-state index in [9.17, 15) is 15.2 Å². The SMILES string of the molecule is O=[N+]([O-])c1ccc(CNCC2CC2)cc1O. The molecule has 0 aliphatic heterocycles. The monoisotopic (exact) mass is 222 g/mol. The van der Waals surface area contributed by atoms with Crippen LogP contribution in [-0.2, 0) is 6.54 Å². The van der Waals surface area contributed by atoms with Crippen LogP contribution in [0.2, 0.25) is 0 Å². The fraction of sp³-hybridized carbons (Fsp3) is 0.455. The van der Waals surface area contributed by atoms with Gasteiger partial charge in [-0.15, -0.1) is 0 Å². The van der Waals surface area contributed by atoms with Gasteiger partial charge in [-0.3, -0.25) is 10.1 Å². The first-order chi connectivity index (χ1) is 7.66. The molecule has 0 spiro atoms. The summed E-state index contributed by atoms with van der Waals surface area (Å²) in [7, 11) is 0. The third kappa shape index (κ3) is 2.70. The Morgan fingerprint density at radius 3 is 2.81 bits per heavy atom. The van der Waals surface area contributed by atoms with Crippen molar-refractivity contribution in [3.63, 3.8) is 0 Å². The highest BCUT2D eigenvalue weighted by Crippen LogP contribution is 2.28. The van der Waals surface area contributed by atoms with Gasteiger partial charge in [0.1, 0.15) is 0 Å². The van der Waals surface area contributed by atoms with E-state index in [4.69, 9.17) is 0 Å². The predicted octanol–water partition coefficient (Wildman–Crippen LogP) is 1.80. The minimum Gasteiger partial charge on any atom is -0.502 e. The number of phenolic OH excluding ortho intramolecular Hbond substituents is 1. The van der Waals surface area contributed by atoms with Gasteiger partial charge in [0.05, 0.1) is 4.92 Å². The van der Waals surface area contributed by atoms with E-state index >= 15 is 0 Å². The molecule has 5 nitrogen and oxygen atoms in total. The number of hydrogen-bond donors (Lipinski definition) is 2. The molecule has 16 heavy (non-hydrogen) atoms. The van der Waals surface area contributed by atoms with Gasteiger partial charge >= 0.3 is 5.69 Å². The number of nitrogens with one attached hydrogen (secondary N) is 1. The van der Waals surface area contributed by atoms with E-state index in [1.54, 1.807) is 6.07 Å². The van der Waals surface area contributed by atoms with Crippen LogP contribution >= 0.6 is 0 Å². The molecule has 5 heteroatoms. The average molecular weight is 222 g/mol. The Bertz CT molecular complexity index is 402. The Labute approximate surface area is 93.2 Å². The van der Waals surface area contributed by atoms with Gasteiger partial charge in [0.25, 0.3) is 0 Å². The highest BCUT2D eigenvalue weighted by Gasteiger charge is 2.20. The first kappa shape index (κ1) is 10.9. The largest absolute Gasteiger partial charge is 0.502 e. The van der Waals surface area contributed by atoms with Gasteiger partial charge in [-0.2, -0.15) is 0 Å². The molecule has 0 radical (unpaired) electrons. The highest BCUT2D eigenvalue weighted by atomic mass is 16.6. The molecule has 0 heterocycles. The first-order valence-corrected chi connectivity index (χ1v) is 5.34. The molecule has 1 aliphatic carbocycles. The van der Waals surface area contributed by atoms with E-state index in [1.807, 2.05) is 0 Å². The van der Waals surface area contributed by atoms with Gasteiger partial charge in [0.2, 0.25) is 0 Å². The predicted molar refractivity (Wildman–Crippen MR) is 59.2 cm³/mol. The van der Waals surface area contributed by atoms with Crippen LogP contribution in [0.1, 0.15) is 18.4 Å². The zero-order valence-electron chi connectivity index (χ0n) is 8.85. The summed E-state index contributed by atoms with van der Waals surface area (Å²) in [5.74, 6) is 0.530. The summed E-state index contributed by atoms with van der Waals surface area (Å²) in [6, 6.07) is 4.44. The zero-order chi connectivity index (χ0) is 11.5. The van der Waals surface area contributed by atoms with Crippen LogP contribution in [0.5, 0.6) is 5.75 Å². The van der Waals surface area contributed by atoms with E-state index in [0.717, 1.165) is 18.0 Å². The number of benzene rings is 1. The summed E-state index contributed by atoms with van der Waals surface area (Å²) in [5.41, 5.74) is 0.620. The molecule has 2 rings (SSSR count). The molecule has 0 atom stereocenters. The van der Waals surface area contributed by atoms with Crippen molar-refractivity contribution in [1.82, 2.24) is 5.32 Å². The van der Waals surface area contributed by atoms with E-state index < -0.39 is 4.92 Å². The second-order valence-electron chi connectivity index (χ2n) is 4.15. The van der Waals surface area contributed by atoms with Crippen molar-refractivity contribution in [2.75, 3.05) is 6.54 Å². The molecular formula is C11H14N2O3. The molecule has 1 aromatic rings. The maximum Gasteiger partial charge on any atom is 0.310 e. The van der Waals surface area contributed by atoms with Crippen molar-refractivity contribution < 1.29 is 10.0 Å². The summed E-state index contributed by atoms with van der Waals surface area (Å²) in [6.45, 7) is 1.62. The lowest BCUT2D eigenvalue weighted by atomic mass is 10.2. The molecule has 0 unspecified atom stereocenters. The van der Waals surface area contributed by atoms with Crippen LogP contribution in [0.4, 0.5) is 5.69 Å². The van der Waals surface area contributed by atoms with Crippen molar-refractivity contribution in [2.45, 2.75) is 19.4 Å². The van der Waals surface area contributed by atoms with Gasteiger partial charge < -0.3 is 10.4 Å². The molecule has 2 N–H and O–H groups in total. The second-order valence-corrected chi connectivity index (χ2v) is 4.15. The molecule has 0 aromatic heterocycles. The molecule has 1 aliphatic rings. The smallest absolute Gasteiger partial charge is 0.310 e. The number of hydrogen-bond acceptors (Lipinski definition) is 4. The molecule has 1 aromatic carbocycles. The minimum atomic E-state index is -0.587. The maximum atomic E-state index is 10.5. The Morgan fingerprint density at radius 2 is 2.25 bits per heavy atom. The number of nitrogens with zero attached hydrogens (tertiary/aromatic N) is 1. The van der Waals surface area contributed by atoms with Crippen molar-refractivity contribution in [3.8, 4) is 5.75 Å². The molecule has 86 valence electrons. The molecule has 0 amide bonds. The lowest BCUT2D eigenvalue weighted by Crippen LogP contribution is -2.15. The summed E-state index contributed by atoms with van der Waals surface area (Å²) in [5, 5.41) is 23.1. The van der Waals surface area contributed by atoms with Gasteiger partial charge in [0, 0.05) is 12.6 Å². The number of aromatic hydroxyl groups is 1. The quantitative estimate of drug-likeness (QED) is 0.588. The summed E-state index contributed by atoms with van der Waals surface area (Å²) >= 11 is 0. The summed E-state index contributed by atoms with van der Waals surface area (Å²) < 4.78 is 0. The van der Waals surface area contributed by atoms with E-state index in [-0.39, 0.29) is 11.4 Å². The lowest BCUT2D eigenvalue weighted by molar-refractivity contribution is -0.385. The Balaban J connectivity index is 1.93. The van der Waals surface area contributed by atoms with Crippen LogP contribution < -0.4 is 5.32 Å². The zero-order valence-corrected chi connectivity index (χ0v) is 8.85. The average Bonchev–Trinajstić information content (AvgIpc) is 3.01. The van der Waals surface area contributed by atoms with E-state index in [0.29, 0.717) is 6.54 Å². The second kappa shape index (κ2) is 4.49. The van der Waals surface area contributed by atoms with Crippen LogP contribution in [-0.4, -0.2) is 16.6 Å². The summed E-state index contributed by atoms with van der Waals surface area (Å²) in [4.78, 5) is 9.89. The fourth-order valence-electron chi connectivity index (χ4n) is 1.58. The highest BCUT2D eigenvalue weighted by molar-refractivity contribution is 5.47. The van der Waals surface area contributed by atoms with Crippen LogP contribution in [0.25, 0.3) is 0 Å². The summed E-state index contributed by atoms with van der Waals surface area (Å²) in [6.07, 6.45) is 2.58. The van der Waals surface area contributed by atoms with Gasteiger partial charge in [-0.25, -0.2) is 0 Å². The van der Waals surface area contributed by atoms with Crippen molar-refractivity contribution in [3.05, 3.63) is 33.9 Å². The van der Waals surface area contributed by atoms with Crippen molar-refractivity contribution in [1.29, 1.82) is 0 Å².